The first-order chi connectivity index (χ1) is 20.5. The maximum atomic E-state index is 13.2. The summed E-state index contributed by atoms with van der Waals surface area (Å²) in [5.74, 6) is 0.785. The van der Waals surface area contributed by atoms with E-state index >= 15 is 0 Å². The van der Waals surface area contributed by atoms with Crippen molar-refractivity contribution in [3.05, 3.63) is 71.4 Å². The van der Waals surface area contributed by atoms with Crippen LogP contribution in [0.15, 0.2) is 54.6 Å². The van der Waals surface area contributed by atoms with Gasteiger partial charge in [0.1, 0.15) is 5.82 Å². The van der Waals surface area contributed by atoms with Crippen molar-refractivity contribution in [3.8, 4) is 5.69 Å². The van der Waals surface area contributed by atoms with E-state index in [2.05, 4.69) is 37.5 Å². The zero-order valence-corrected chi connectivity index (χ0v) is 25.9. The summed E-state index contributed by atoms with van der Waals surface area (Å²) < 4.78 is 6.48. The SMILES string of the molecule is COC(=O)CCC(=O)N1C2CCC1CC(Cc1cccc(NC(=O)Nc3cc(C(C)(C)C)nn3-c3ccc(C)cc3)c1)C2. The summed E-state index contributed by atoms with van der Waals surface area (Å²) in [7, 11) is 1.35. The lowest BCUT2D eigenvalue weighted by molar-refractivity contribution is -0.145. The Bertz CT molecular complexity index is 1460. The number of ether oxygens (including phenoxy) is 1. The third kappa shape index (κ3) is 7.27. The predicted molar refractivity (Wildman–Crippen MR) is 167 cm³/mol. The number of nitrogens with zero attached hydrogens (tertiary/aromatic N) is 3. The van der Waals surface area contributed by atoms with E-state index in [0.29, 0.717) is 11.7 Å². The molecule has 2 saturated heterocycles. The van der Waals surface area contributed by atoms with Gasteiger partial charge >= 0.3 is 12.0 Å². The van der Waals surface area contributed by atoms with Crippen molar-refractivity contribution in [2.24, 2.45) is 5.92 Å². The Morgan fingerprint density at radius 1 is 0.953 bits per heavy atom. The van der Waals surface area contributed by atoms with Crippen LogP contribution in [0.2, 0.25) is 0 Å². The summed E-state index contributed by atoms with van der Waals surface area (Å²) in [6.45, 7) is 8.34. The Morgan fingerprint density at radius 3 is 2.30 bits per heavy atom. The number of carbonyl (C=O) groups is 3. The summed E-state index contributed by atoms with van der Waals surface area (Å²) in [6, 6.07) is 18.1. The highest BCUT2D eigenvalue weighted by Crippen LogP contribution is 2.40. The molecule has 3 aromatic rings. The van der Waals surface area contributed by atoms with Crippen LogP contribution in [-0.4, -0.2) is 51.8 Å². The van der Waals surface area contributed by atoms with Gasteiger partial charge in [0.15, 0.2) is 0 Å². The number of hydrogen-bond acceptors (Lipinski definition) is 5. The first-order valence-corrected chi connectivity index (χ1v) is 15.2. The van der Waals surface area contributed by atoms with Crippen molar-refractivity contribution in [2.75, 3.05) is 17.7 Å². The van der Waals surface area contributed by atoms with Crippen molar-refractivity contribution < 1.29 is 19.1 Å². The average molecular weight is 586 g/mol. The first kappa shape index (κ1) is 30.3. The third-order valence-corrected chi connectivity index (χ3v) is 8.60. The van der Waals surface area contributed by atoms with Crippen LogP contribution in [0.3, 0.4) is 0 Å². The van der Waals surface area contributed by atoms with Crippen molar-refractivity contribution in [1.82, 2.24) is 14.7 Å². The summed E-state index contributed by atoms with van der Waals surface area (Å²) in [5, 5.41) is 10.8. The Labute approximate surface area is 254 Å². The van der Waals surface area contributed by atoms with Crippen LogP contribution in [0.4, 0.5) is 16.3 Å². The summed E-state index contributed by atoms with van der Waals surface area (Å²) in [5.41, 5.74) is 4.63. The monoisotopic (exact) mass is 585 g/mol. The molecule has 0 aliphatic carbocycles. The number of piperidine rings is 1. The Balaban J connectivity index is 1.21. The van der Waals surface area contributed by atoms with Gasteiger partial charge in [0.25, 0.3) is 0 Å². The number of amides is 3. The van der Waals surface area contributed by atoms with Crippen LogP contribution in [0, 0.1) is 12.8 Å². The van der Waals surface area contributed by atoms with Crippen molar-refractivity contribution >= 4 is 29.4 Å². The van der Waals surface area contributed by atoms with E-state index in [0.717, 1.165) is 60.3 Å². The van der Waals surface area contributed by atoms with E-state index in [9.17, 15) is 14.4 Å². The van der Waals surface area contributed by atoms with Gasteiger partial charge in [-0.2, -0.15) is 5.10 Å². The quantitative estimate of drug-likeness (QED) is 0.298. The van der Waals surface area contributed by atoms with Crippen LogP contribution < -0.4 is 10.6 Å². The first-order valence-electron chi connectivity index (χ1n) is 15.2. The number of anilines is 2. The van der Waals surface area contributed by atoms with Gasteiger partial charge < -0.3 is 15.0 Å². The van der Waals surface area contributed by atoms with Crippen LogP contribution >= 0.6 is 0 Å². The number of benzene rings is 2. The van der Waals surface area contributed by atoms with Gasteiger partial charge in [0.05, 0.1) is 24.9 Å². The number of methoxy groups -OCH3 is 1. The number of aromatic nitrogens is 2. The van der Waals surface area contributed by atoms with Gasteiger partial charge in [0.2, 0.25) is 5.91 Å². The predicted octanol–water partition coefficient (Wildman–Crippen LogP) is 6.39. The number of nitrogens with one attached hydrogen (secondary N) is 2. The molecule has 2 atom stereocenters. The van der Waals surface area contributed by atoms with E-state index < -0.39 is 0 Å². The number of rotatable bonds is 8. The maximum Gasteiger partial charge on any atom is 0.324 e. The van der Waals surface area contributed by atoms with Crippen LogP contribution in [0.5, 0.6) is 0 Å². The highest BCUT2D eigenvalue weighted by Gasteiger charge is 2.42. The van der Waals surface area contributed by atoms with E-state index in [4.69, 9.17) is 9.84 Å². The van der Waals surface area contributed by atoms with Crippen LogP contribution in [-0.2, 0) is 26.2 Å². The maximum absolute atomic E-state index is 13.2. The van der Waals surface area contributed by atoms with Gasteiger partial charge in [-0.05, 0) is 74.8 Å². The Hall–Kier alpha value is -4.14. The molecule has 0 radical (unpaired) electrons. The van der Waals surface area contributed by atoms with Crippen LogP contribution in [0.25, 0.3) is 5.69 Å². The number of fused-ring (bicyclic) bond motifs is 2. The standard InChI is InChI=1S/C34H43N5O4/c1-22-9-11-26(12-10-22)39-30(21-29(37-39)34(2,3)4)36-33(42)35-25-8-6-7-23(18-25)17-24-19-27-13-14-28(20-24)38(27)31(40)15-16-32(41)43-5/h6-12,18,21,24,27-28H,13-17,19-20H2,1-5H3,(H2,35,36,42). The topological polar surface area (TPSA) is 106 Å². The molecule has 228 valence electrons. The fourth-order valence-electron chi connectivity index (χ4n) is 6.41. The van der Waals surface area contributed by atoms with Crippen molar-refractivity contribution in [3.63, 3.8) is 0 Å². The van der Waals surface area contributed by atoms with E-state index in [1.807, 2.05) is 60.4 Å². The summed E-state index contributed by atoms with van der Waals surface area (Å²) in [6.07, 6.45) is 5.18. The molecule has 2 aromatic carbocycles. The molecule has 2 unspecified atom stereocenters. The van der Waals surface area contributed by atoms with Gasteiger partial charge in [-0.25, -0.2) is 9.48 Å². The third-order valence-electron chi connectivity index (χ3n) is 8.60. The molecule has 2 aliphatic heterocycles. The van der Waals surface area contributed by atoms with Gasteiger partial charge in [0, 0.05) is 35.7 Å². The molecule has 2 bridgehead atoms. The molecule has 2 N–H and O–H groups in total. The molecule has 1 aromatic heterocycles. The Morgan fingerprint density at radius 2 is 1.65 bits per heavy atom. The molecular weight excluding hydrogens is 542 g/mol. The second-order valence-electron chi connectivity index (χ2n) is 13.0. The average Bonchev–Trinajstić information content (AvgIpc) is 3.50. The minimum atomic E-state index is -0.343. The van der Waals surface area contributed by atoms with E-state index in [1.54, 1.807) is 4.68 Å². The lowest BCUT2D eigenvalue weighted by Gasteiger charge is -2.39. The molecule has 3 amide bonds. The van der Waals surface area contributed by atoms with Gasteiger partial charge in [-0.3, -0.25) is 14.9 Å². The zero-order valence-electron chi connectivity index (χ0n) is 25.9. The molecule has 9 nitrogen and oxygen atoms in total. The highest BCUT2D eigenvalue weighted by atomic mass is 16.5. The molecule has 43 heavy (non-hydrogen) atoms. The zero-order chi connectivity index (χ0) is 30.7. The minimum absolute atomic E-state index is 0.0619. The number of aryl methyl sites for hydroxylation is 1. The van der Waals surface area contributed by atoms with Crippen molar-refractivity contribution in [1.29, 1.82) is 0 Å². The van der Waals surface area contributed by atoms with E-state index in [-0.39, 0.29) is 48.2 Å². The lowest BCUT2D eigenvalue weighted by atomic mass is 9.85. The fourth-order valence-corrected chi connectivity index (χ4v) is 6.41. The molecule has 3 heterocycles. The second-order valence-corrected chi connectivity index (χ2v) is 13.0. The smallest absolute Gasteiger partial charge is 0.324 e. The number of hydrogen-bond donors (Lipinski definition) is 2. The summed E-state index contributed by atoms with van der Waals surface area (Å²) >= 11 is 0. The minimum Gasteiger partial charge on any atom is -0.469 e. The number of carbonyl (C=O) groups excluding carboxylic acids is 3. The molecule has 0 spiro atoms. The highest BCUT2D eigenvalue weighted by molar-refractivity contribution is 5.99. The fraction of sp³-hybridized carbons (Fsp3) is 0.471. The molecular formula is C34H43N5O4. The molecule has 9 heteroatoms. The Kier molecular flexibility index (Phi) is 8.89. The number of urea groups is 1. The van der Waals surface area contributed by atoms with Gasteiger partial charge in [-0.1, -0.05) is 50.6 Å². The second kappa shape index (κ2) is 12.6. The van der Waals surface area contributed by atoms with Crippen LogP contribution in [0.1, 0.15) is 76.1 Å². The summed E-state index contributed by atoms with van der Waals surface area (Å²) in [4.78, 5) is 39.6. The largest absolute Gasteiger partial charge is 0.469 e. The molecule has 2 aliphatic rings. The normalized spacial score (nSPS) is 19.7. The van der Waals surface area contributed by atoms with Gasteiger partial charge in [-0.15, -0.1) is 0 Å². The molecule has 2 fully saturated rings. The molecule has 5 rings (SSSR count). The number of esters is 1. The van der Waals surface area contributed by atoms with Crippen molar-refractivity contribution in [2.45, 2.75) is 90.1 Å². The molecule has 0 saturated carbocycles. The lowest BCUT2D eigenvalue weighted by Crippen LogP contribution is -2.47. The van der Waals surface area contributed by atoms with E-state index in [1.165, 1.54) is 7.11 Å².